The van der Waals surface area contributed by atoms with Gasteiger partial charge in [0.1, 0.15) is 0 Å². The molecule has 4 aromatic rings. The number of nitrogens with zero attached hydrogens (tertiary/aromatic N) is 3. The molecular formula is C30H32ClN7S. The van der Waals surface area contributed by atoms with Gasteiger partial charge in [-0.25, -0.2) is 4.98 Å². The number of rotatable bonds is 7. The predicted octanol–water partition coefficient (Wildman–Crippen LogP) is 6.81. The standard InChI is InChI=1S/C30H32ClN7S/c1-6-18-14-32-26-21(25(18)33-16-29(2,3)4)12-19(13-22(26)31)35-27(20-8-7-9-23-28(20)39-17-34-23)24-15-38(37-36-24)30(5)10-11-30/h1,7-9,12-15,17,27,35-37H,10-11,16H2,2-5H3,(H,32,33)/t27-/m0/s1. The van der Waals surface area contributed by atoms with Crippen molar-refractivity contribution in [3.63, 3.8) is 0 Å². The van der Waals surface area contributed by atoms with Gasteiger partial charge in [-0.15, -0.1) is 23.3 Å². The SMILES string of the molecule is C#Cc1cnc2c(Cl)cc(N[C@H](C3=CN(C4(C)CC4)NN3)c3cccc4ncsc34)cc2c1NCC(C)(C)C. The second kappa shape index (κ2) is 9.60. The lowest BCUT2D eigenvalue weighted by Crippen LogP contribution is -2.43. The van der Waals surface area contributed by atoms with Crippen LogP contribution < -0.4 is 21.6 Å². The fourth-order valence-electron chi connectivity index (χ4n) is 4.81. The number of halogens is 1. The van der Waals surface area contributed by atoms with Gasteiger partial charge in [0, 0.05) is 30.0 Å². The average Bonchev–Trinajstić information content (AvgIpc) is 3.29. The molecule has 2 aromatic carbocycles. The van der Waals surface area contributed by atoms with E-state index in [1.165, 1.54) is 0 Å². The maximum absolute atomic E-state index is 6.84. The van der Waals surface area contributed by atoms with Gasteiger partial charge in [0.05, 0.1) is 54.8 Å². The van der Waals surface area contributed by atoms with E-state index in [1.807, 2.05) is 17.6 Å². The first-order valence-corrected chi connectivity index (χ1v) is 14.4. The van der Waals surface area contributed by atoms with Gasteiger partial charge in [-0.1, -0.05) is 50.4 Å². The zero-order valence-corrected chi connectivity index (χ0v) is 24.1. The minimum Gasteiger partial charge on any atom is -0.383 e. The maximum atomic E-state index is 6.84. The minimum atomic E-state index is -0.183. The van der Waals surface area contributed by atoms with Crippen molar-refractivity contribution in [3.8, 4) is 12.3 Å². The zero-order chi connectivity index (χ0) is 27.4. The van der Waals surface area contributed by atoms with Crippen molar-refractivity contribution in [3.05, 3.63) is 70.1 Å². The number of nitrogens with one attached hydrogen (secondary N) is 4. The third-order valence-electron chi connectivity index (χ3n) is 7.34. The molecule has 1 fully saturated rings. The van der Waals surface area contributed by atoms with Crippen LogP contribution in [0.3, 0.4) is 0 Å². The number of terminal acetylenes is 1. The quantitative estimate of drug-likeness (QED) is 0.186. The van der Waals surface area contributed by atoms with Gasteiger partial charge in [-0.3, -0.25) is 9.99 Å². The summed E-state index contributed by atoms with van der Waals surface area (Å²) in [6.07, 6.45) is 12.1. The topological polar surface area (TPSA) is 77.1 Å². The van der Waals surface area contributed by atoms with Gasteiger partial charge in [-0.2, -0.15) is 0 Å². The largest absolute Gasteiger partial charge is 0.383 e. The molecule has 9 heteroatoms. The smallest absolute Gasteiger partial charge is 0.0958 e. The van der Waals surface area contributed by atoms with Gasteiger partial charge in [-0.05, 0) is 48.9 Å². The molecular weight excluding hydrogens is 526 g/mol. The number of thiazole rings is 1. The van der Waals surface area contributed by atoms with Crippen LogP contribution in [-0.4, -0.2) is 27.1 Å². The number of hydrazine groups is 2. The Morgan fingerprint density at radius 2 is 2.08 bits per heavy atom. The molecule has 0 unspecified atom stereocenters. The van der Waals surface area contributed by atoms with Crippen molar-refractivity contribution in [2.24, 2.45) is 5.41 Å². The molecule has 1 saturated carbocycles. The molecule has 1 aliphatic carbocycles. The molecule has 4 N–H and O–H groups in total. The van der Waals surface area contributed by atoms with Crippen molar-refractivity contribution >= 4 is 55.4 Å². The highest BCUT2D eigenvalue weighted by Gasteiger charge is 2.44. The first-order chi connectivity index (χ1) is 18.6. The Hall–Kier alpha value is -3.51. The Morgan fingerprint density at radius 3 is 2.82 bits per heavy atom. The van der Waals surface area contributed by atoms with E-state index in [1.54, 1.807) is 17.5 Å². The molecule has 7 nitrogen and oxygen atoms in total. The summed E-state index contributed by atoms with van der Waals surface area (Å²) in [7, 11) is 0. The highest BCUT2D eigenvalue weighted by atomic mass is 35.5. The summed E-state index contributed by atoms with van der Waals surface area (Å²) in [6.45, 7) is 9.57. The van der Waals surface area contributed by atoms with E-state index in [9.17, 15) is 0 Å². The summed E-state index contributed by atoms with van der Waals surface area (Å²) in [4.78, 5) is 9.16. The first kappa shape index (κ1) is 25.8. The van der Waals surface area contributed by atoms with Crippen molar-refractivity contribution in [1.29, 1.82) is 0 Å². The van der Waals surface area contributed by atoms with Crippen LogP contribution in [0.4, 0.5) is 11.4 Å². The molecule has 39 heavy (non-hydrogen) atoms. The summed E-state index contributed by atoms with van der Waals surface area (Å²) in [5.41, 5.74) is 15.2. The van der Waals surface area contributed by atoms with Crippen LogP contribution in [0.2, 0.25) is 5.02 Å². The number of pyridine rings is 1. The van der Waals surface area contributed by atoms with E-state index < -0.39 is 0 Å². The van der Waals surface area contributed by atoms with Crippen LogP contribution in [0.25, 0.3) is 21.1 Å². The molecule has 0 spiro atoms. The van der Waals surface area contributed by atoms with Gasteiger partial charge >= 0.3 is 0 Å². The fourth-order valence-corrected chi connectivity index (χ4v) is 5.91. The van der Waals surface area contributed by atoms with Crippen molar-refractivity contribution < 1.29 is 0 Å². The Morgan fingerprint density at radius 1 is 1.26 bits per heavy atom. The summed E-state index contributed by atoms with van der Waals surface area (Å²) in [6, 6.07) is 10.1. The Balaban J connectivity index is 1.45. The van der Waals surface area contributed by atoms with Gasteiger partial charge in [0.15, 0.2) is 0 Å². The van der Waals surface area contributed by atoms with Crippen LogP contribution in [0.1, 0.15) is 57.7 Å². The first-order valence-electron chi connectivity index (χ1n) is 13.1. The van der Waals surface area contributed by atoms with Gasteiger partial charge < -0.3 is 16.1 Å². The van der Waals surface area contributed by atoms with Crippen LogP contribution in [-0.2, 0) is 0 Å². The molecule has 1 aliphatic heterocycles. The molecule has 2 aliphatic rings. The van der Waals surface area contributed by atoms with E-state index in [-0.39, 0.29) is 17.0 Å². The van der Waals surface area contributed by atoms with Crippen molar-refractivity contribution in [2.45, 2.75) is 52.1 Å². The van der Waals surface area contributed by atoms with Crippen LogP contribution in [0.15, 0.2) is 53.9 Å². The second-order valence-corrected chi connectivity index (χ2v) is 13.0. The third-order valence-corrected chi connectivity index (χ3v) is 8.52. The highest BCUT2D eigenvalue weighted by molar-refractivity contribution is 7.17. The maximum Gasteiger partial charge on any atom is 0.0958 e. The van der Waals surface area contributed by atoms with Crippen LogP contribution in [0, 0.1) is 17.8 Å². The summed E-state index contributed by atoms with van der Waals surface area (Å²) < 4.78 is 1.14. The summed E-state index contributed by atoms with van der Waals surface area (Å²) in [5, 5.41) is 11.0. The number of hydrogen-bond acceptors (Lipinski definition) is 8. The lowest BCUT2D eigenvalue weighted by Gasteiger charge is -2.24. The number of hydrogen-bond donors (Lipinski definition) is 4. The molecule has 3 heterocycles. The molecule has 0 bridgehead atoms. The van der Waals surface area contributed by atoms with Crippen LogP contribution in [0.5, 0.6) is 0 Å². The van der Waals surface area contributed by atoms with E-state index in [4.69, 9.17) is 18.0 Å². The molecule has 6 rings (SSSR count). The molecule has 0 radical (unpaired) electrons. The lowest BCUT2D eigenvalue weighted by atomic mass is 9.96. The zero-order valence-electron chi connectivity index (χ0n) is 22.5. The normalized spacial score (nSPS) is 17.0. The second-order valence-electron chi connectivity index (χ2n) is 11.8. The lowest BCUT2D eigenvalue weighted by molar-refractivity contribution is 0.190. The molecule has 0 amide bonds. The number of benzene rings is 2. The monoisotopic (exact) mass is 557 g/mol. The Labute approximate surface area is 238 Å². The third kappa shape index (κ3) is 4.98. The van der Waals surface area contributed by atoms with E-state index in [0.717, 1.165) is 57.6 Å². The van der Waals surface area contributed by atoms with E-state index in [2.05, 4.69) is 94.6 Å². The van der Waals surface area contributed by atoms with Crippen molar-refractivity contribution in [2.75, 3.05) is 17.2 Å². The summed E-state index contributed by atoms with van der Waals surface area (Å²) >= 11 is 8.48. The highest BCUT2D eigenvalue weighted by Crippen LogP contribution is 2.43. The van der Waals surface area contributed by atoms with Gasteiger partial charge in [0.2, 0.25) is 0 Å². The average molecular weight is 558 g/mol. The van der Waals surface area contributed by atoms with E-state index in [0.29, 0.717) is 16.1 Å². The van der Waals surface area contributed by atoms with Crippen LogP contribution >= 0.6 is 22.9 Å². The Kier molecular flexibility index (Phi) is 6.34. The molecule has 0 saturated heterocycles. The predicted molar refractivity (Wildman–Crippen MR) is 162 cm³/mol. The molecule has 2 aromatic heterocycles. The molecule has 1 atom stereocenters. The summed E-state index contributed by atoms with van der Waals surface area (Å²) in [5.74, 6) is 2.79. The minimum absolute atomic E-state index is 0.0668. The van der Waals surface area contributed by atoms with Gasteiger partial charge in [0.25, 0.3) is 0 Å². The number of anilines is 2. The number of fused-ring (bicyclic) bond motifs is 2. The molecule has 200 valence electrons. The van der Waals surface area contributed by atoms with Crippen molar-refractivity contribution in [1.82, 2.24) is 25.9 Å². The Bertz CT molecular complexity index is 1640. The van der Waals surface area contributed by atoms with E-state index >= 15 is 0 Å². The fraction of sp³-hybridized carbons (Fsp3) is 0.333. The number of aromatic nitrogens is 2.